The summed E-state index contributed by atoms with van der Waals surface area (Å²) in [6, 6.07) is 0.373. The Bertz CT molecular complexity index is 695. The second kappa shape index (κ2) is 4.59. The van der Waals surface area contributed by atoms with Crippen LogP contribution in [0, 0.1) is 39.9 Å². The van der Waals surface area contributed by atoms with Gasteiger partial charge in [0.25, 0.3) is 0 Å². The number of hydrogen-bond donors (Lipinski definition) is 3. The lowest BCUT2D eigenvalue weighted by molar-refractivity contribution is -0.218. The molecule has 5 aliphatic carbocycles. The van der Waals surface area contributed by atoms with Crippen LogP contribution in [0.4, 0.5) is 0 Å². The minimum atomic E-state index is -0.500. The molecule has 0 aromatic heterocycles. The predicted molar refractivity (Wildman–Crippen MR) is 98.2 cm³/mol. The smallest absolute Gasteiger partial charge is 0.0813 e. The number of piperidine rings is 1. The first kappa shape index (κ1) is 16.5. The van der Waals surface area contributed by atoms with Crippen molar-refractivity contribution in [3.05, 3.63) is 12.2 Å². The van der Waals surface area contributed by atoms with Crippen LogP contribution < -0.4 is 0 Å². The fourth-order valence-corrected chi connectivity index (χ4v) is 9.97. The number of aliphatic hydroxyl groups excluding tert-OH is 3. The van der Waals surface area contributed by atoms with Crippen molar-refractivity contribution in [1.29, 1.82) is 0 Å². The van der Waals surface area contributed by atoms with E-state index in [2.05, 4.69) is 25.3 Å². The summed E-state index contributed by atoms with van der Waals surface area (Å²) in [4.78, 5) is 2.65. The van der Waals surface area contributed by atoms with Crippen LogP contribution >= 0.6 is 0 Å². The highest BCUT2D eigenvalue weighted by Gasteiger charge is 2.85. The van der Waals surface area contributed by atoms with Crippen LogP contribution in [-0.4, -0.2) is 57.7 Å². The molecule has 0 amide bonds. The summed E-state index contributed by atoms with van der Waals surface area (Å²) < 4.78 is 0. The molecule has 1 heterocycles. The fourth-order valence-electron chi connectivity index (χ4n) is 9.97. The van der Waals surface area contributed by atoms with E-state index in [4.69, 9.17) is 0 Å². The number of fused-ring (bicyclic) bond motifs is 1. The molecule has 11 atom stereocenters. The molecule has 0 aromatic rings. The van der Waals surface area contributed by atoms with Gasteiger partial charge in [0.1, 0.15) is 0 Å². The highest BCUT2D eigenvalue weighted by molar-refractivity contribution is 5.39. The van der Waals surface area contributed by atoms with E-state index in [1.165, 1.54) is 0 Å². The highest BCUT2D eigenvalue weighted by Crippen LogP contribution is 2.83. The third-order valence-electron chi connectivity index (χ3n) is 10.6. The first-order valence-corrected chi connectivity index (χ1v) is 10.8. The Morgan fingerprint density at radius 3 is 2.69 bits per heavy atom. The summed E-state index contributed by atoms with van der Waals surface area (Å²) in [5.74, 6) is 1.26. The van der Waals surface area contributed by atoms with Gasteiger partial charge in [0.15, 0.2) is 0 Å². The molecule has 0 aromatic carbocycles. The van der Waals surface area contributed by atoms with Crippen molar-refractivity contribution in [1.82, 2.24) is 4.90 Å². The van der Waals surface area contributed by atoms with Crippen molar-refractivity contribution in [2.45, 2.75) is 70.3 Å². The summed E-state index contributed by atoms with van der Waals surface area (Å²) in [6.45, 7) is 11.1. The lowest BCUT2D eigenvalue weighted by Crippen LogP contribution is -2.68. The first-order valence-electron chi connectivity index (χ1n) is 10.8. The Hall–Kier alpha value is -0.420. The molecule has 6 rings (SSSR count). The molecule has 3 N–H and O–H groups in total. The van der Waals surface area contributed by atoms with Gasteiger partial charge in [-0.1, -0.05) is 20.4 Å². The van der Waals surface area contributed by atoms with Crippen LogP contribution in [0.15, 0.2) is 12.2 Å². The number of nitrogens with zero attached hydrogens (tertiary/aromatic N) is 1. The molecule has 6 unspecified atom stereocenters. The minimum absolute atomic E-state index is 0.0547. The molecule has 1 saturated heterocycles. The molecule has 7 bridgehead atoms. The molecular weight excluding hydrogens is 326 g/mol. The zero-order chi connectivity index (χ0) is 18.2. The van der Waals surface area contributed by atoms with Crippen LogP contribution in [0.25, 0.3) is 0 Å². The van der Waals surface area contributed by atoms with E-state index in [-0.39, 0.29) is 34.2 Å². The van der Waals surface area contributed by atoms with E-state index in [9.17, 15) is 15.3 Å². The Balaban J connectivity index is 1.61. The quantitative estimate of drug-likeness (QED) is 0.625. The number of rotatable bonds is 1. The third kappa shape index (κ3) is 1.37. The van der Waals surface area contributed by atoms with Crippen LogP contribution in [0.1, 0.15) is 46.0 Å². The van der Waals surface area contributed by atoms with Gasteiger partial charge in [0, 0.05) is 29.3 Å². The van der Waals surface area contributed by atoms with E-state index >= 15 is 0 Å². The maximum absolute atomic E-state index is 11.5. The molecule has 5 saturated carbocycles. The normalized spacial score (nSPS) is 65.5. The van der Waals surface area contributed by atoms with E-state index in [0.717, 1.165) is 50.8 Å². The van der Waals surface area contributed by atoms with Gasteiger partial charge in [-0.15, -0.1) is 0 Å². The van der Waals surface area contributed by atoms with E-state index in [0.29, 0.717) is 17.9 Å². The van der Waals surface area contributed by atoms with Crippen LogP contribution in [0.5, 0.6) is 0 Å². The Labute approximate surface area is 156 Å². The average molecular weight is 360 g/mol. The van der Waals surface area contributed by atoms with Crippen molar-refractivity contribution in [2.24, 2.45) is 39.9 Å². The lowest BCUT2D eigenvalue weighted by atomic mass is 9.43. The topological polar surface area (TPSA) is 63.9 Å². The summed E-state index contributed by atoms with van der Waals surface area (Å²) in [5, 5.41) is 33.8. The molecule has 0 radical (unpaired) electrons. The largest absolute Gasteiger partial charge is 0.392 e. The van der Waals surface area contributed by atoms with Crippen molar-refractivity contribution in [3.8, 4) is 0 Å². The second-order valence-electron chi connectivity index (χ2n) is 10.9. The molecule has 26 heavy (non-hydrogen) atoms. The Morgan fingerprint density at radius 2 is 1.96 bits per heavy atom. The van der Waals surface area contributed by atoms with Crippen LogP contribution in [0.3, 0.4) is 0 Å². The minimum Gasteiger partial charge on any atom is -0.392 e. The molecule has 1 aliphatic heterocycles. The fraction of sp³-hybridized carbons (Fsp3) is 0.909. The number of aliphatic hydroxyl groups is 3. The van der Waals surface area contributed by atoms with E-state index in [1.807, 2.05) is 0 Å². The molecular formula is C22H33NO3. The standard InChI is InChI=1S/C22H33NO3/c1-4-23-10-20(3)6-5-17(25)22-15(20)7-13(18(22)23)21-9-12(11(2)19(21)26)14(24)8-16(21)22/h12-19,24-26H,2,4-10H2,1,3H3/t12?,13-,14?,15+,16?,17?,18?,19+,20-,21-,22?/m0/s1. The van der Waals surface area contributed by atoms with Gasteiger partial charge < -0.3 is 15.3 Å². The zero-order valence-electron chi connectivity index (χ0n) is 16.1. The zero-order valence-corrected chi connectivity index (χ0v) is 16.1. The van der Waals surface area contributed by atoms with Gasteiger partial charge in [0.05, 0.1) is 18.3 Å². The molecule has 6 fully saturated rings. The van der Waals surface area contributed by atoms with Crippen molar-refractivity contribution in [2.75, 3.05) is 13.1 Å². The SMILES string of the molecule is C=C1C2C[C@]3(C(CC2O)C24C(O)CC[C@@]5(C)CN(CC)C2[C@@H]3C[C@@H]45)[C@@H]1O. The summed E-state index contributed by atoms with van der Waals surface area (Å²) in [5.41, 5.74) is 0.849. The summed E-state index contributed by atoms with van der Waals surface area (Å²) in [7, 11) is 0. The second-order valence-corrected chi connectivity index (χ2v) is 10.9. The van der Waals surface area contributed by atoms with E-state index < -0.39 is 12.2 Å². The molecule has 2 spiro atoms. The third-order valence-corrected chi connectivity index (χ3v) is 10.6. The average Bonchev–Trinajstić information content (AvgIpc) is 3.14. The van der Waals surface area contributed by atoms with E-state index in [1.54, 1.807) is 0 Å². The molecule has 6 aliphatic rings. The molecule has 4 nitrogen and oxygen atoms in total. The predicted octanol–water partition coefficient (Wildman–Crippen LogP) is 1.79. The van der Waals surface area contributed by atoms with Gasteiger partial charge in [-0.25, -0.2) is 0 Å². The van der Waals surface area contributed by atoms with Gasteiger partial charge in [-0.05, 0) is 67.4 Å². The van der Waals surface area contributed by atoms with Crippen LogP contribution in [-0.2, 0) is 0 Å². The maximum Gasteiger partial charge on any atom is 0.0813 e. The summed E-state index contributed by atoms with van der Waals surface area (Å²) in [6.07, 6.45) is 3.58. The monoisotopic (exact) mass is 359 g/mol. The van der Waals surface area contributed by atoms with Crippen molar-refractivity contribution >= 4 is 0 Å². The van der Waals surface area contributed by atoms with Gasteiger partial charge >= 0.3 is 0 Å². The lowest BCUT2D eigenvalue weighted by Gasteiger charge is -2.65. The van der Waals surface area contributed by atoms with Crippen LogP contribution in [0.2, 0.25) is 0 Å². The highest BCUT2D eigenvalue weighted by atomic mass is 16.3. The molecule has 4 heteroatoms. The van der Waals surface area contributed by atoms with Crippen molar-refractivity contribution in [3.63, 3.8) is 0 Å². The Kier molecular flexibility index (Phi) is 2.92. The maximum atomic E-state index is 11.5. The Morgan fingerprint density at radius 1 is 1.19 bits per heavy atom. The first-order chi connectivity index (χ1) is 12.3. The summed E-state index contributed by atoms with van der Waals surface area (Å²) >= 11 is 0. The van der Waals surface area contributed by atoms with Crippen molar-refractivity contribution < 1.29 is 15.3 Å². The van der Waals surface area contributed by atoms with Gasteiger partial charge in [-0.3, -0.25) is 4.90 Å². The van der Waals surface area contributed by atoms with Gasteiger partial charge in [0.2, 0.25) is 0 Å². The molecule has 144 valence electrons. The number of likely N-dealkylation sites (tertiary alicyclic amines) is 1. The van der Waals surface area contributed by atoms with Gasteiger partial charge in [-0.2, -0.15) is 0 Å². The number of hydrogen-bond acceptors (Lipinski definition) is 4.